The SMILES string of the molecule is COc1ccc2nccc(CC[C@@H](CC[C@@H]3CN(C4=COC=C(C5=CC=CCC5)O4)C(=O)O3)NC(C)=O)c2n1. The quantitative estimate of drug-likeness (QED) is 0.471. The maximum absolute atomic E-state index is 12.7. The Kier molecular flexibility index (Phi) is 8.10. The third-order valence-corrected chi connectivity index (χ3v) is 6.89. The first kappa shape index (κ1) is 26.3. The zero-order valence-corrected chi connectivity index (χ0v) is 22.1. The zero-order valence-electron chi connectivity index (χ0n) is 22.1. The number of fused-ring (bicyclic) bond motifs is 1. The number of amides is 2. The van der Waals surface area contributed by atoms with Gasteiger partial charge >= 0.3 is 6.09 Å². The third kappa shape index (κ3) is 6.39. The second kappa shape index (κ2) is 12.0. The number of methoxy groups -OCH3 is 1. The molecule has 2 aliphatic heterocycles. The Bertz CT molecular complexity index is 1360. The van der Waals surface area contributed by atoms with Crippen molar-refractivity contribution in [2.45, 2.75) is 57.6 Å². The van der Waals surface area contributed by atoms with Gasteiger partial charge in [-0.25, -0.2) is 14.7 Å². The summed E-state index contributed by atoms with van der Waals surface area (Å²) in [7, 11) is 1.58. The molecule has 1 N–H and O–H groups in total. The molecule has 2 aromatic rings. The second-order valence-electron chi connectivity index (χ2n) is 9.66. The number of aromatic nitrogens is 2. The predicted molar refractivity (Wildman–Crippen MR) is 143 cm³/mol. The van der Waals surface area contributed by atoms with Gasteiger partial charge in [0, 0.05) is 25.2 Å². The molecule has 4 heterocycles. The van der Waals surface area contributed by atoms with Gasteiger partial charge in [-0.3, -0.25) is 9.78 Å². The van der Waals surface area contributed by atoms with Crippen LogP contribution >= 0.6 is 0 Å². The maximum atomic E-state index is 12.7. The van der Waals surface area contributed by atoms with Crippen LogP contribution < -0.4 is 10.1 Å². The van der Waals surface area contributed by atoms with E-state index in [-0.39, 0.29) is 18.1 Å². The third-order valence-electron chi connectivity index (χ3n) is 6.89. The Hall–Kier alpha value is -4.34. The maximum Gasteiger partial charge on any atom is 0.417 e. The molecule has 0 bridgehead atoms. The van der Waals surface area contributed by atoms with E-state index in [1.54, 1.807) is 25.6 Å². The highest BCUT2D eigenvalue weighted by molar-refractivity contribution is 5.78. The molecular formula is C29H32N4O6. The lowest BCUT2D eigenvalue weighted by Gasteiger charge is -2.23. The van der Waals surface area contributed by atoms with Crippen LogP contribution in [-0.4, -0.2) is 52.7 Å². The Morgan fingerprint density at radius 3 is 2.95 bits per heavy atom. The van der Waals surface area contributed by atoms with Gasteiger partial charge in [0.05, 0.1) is 24.7 Å². The van der Waals surface area contributed by atoms with Crippen molar-refractivity contribution in [2.75, 3.05) is 13.7 Å². The number of aryl methyl sites for hydroxylation is 1. The van der Waals surface area contributed by atoms with E-state index in [0.29, 0.717) is 49.8 Å². The van der Waals surface area contributed by atoms with Gasteiger partial charge in [0.25, 0.3) is 0 Å². The average Bonchev–Trinajstić information content (AvgIpc) is 3.34. The molecule has 204 valence electrons. The van der Waals surface area contributed by atoms with Gasteiger partial charge in [0.15, 0.2) is 12.0 Å². The van der Waals surface area contributed by atoms with Crippen LogP contribution in [0.25, 0.3) is 11.0 Å². The fourth-order valence-corrected chi connectivity index (χ4v) is 4.90. The minimum atomic E-state index is -0.479. The Morgan fingerprint density at radius 2 is 2.15 bits per heavy atom. The van der Waals surface area contributed by atoms with Crippen molar-refractivity contribution in [1.29, 1.82) is 0 Å². The number of pyridine rings is 2. The van der Waals surface area contributed by atoms with Crippen molar-refractivity contribution in [3.05, 3.63) is 77.9 Å². The number of carbonyl (C=O) groups is 2. The fraction of sp³-hybridized carbons (Fsp3) is 0.379. The van der Waals surface area contributed by atoms with Crippen LogP contribution in [0.15, 0.2) is 72.4 Å². The molecule has 39 heavy (non-hydrogen) atoms. The molecule has 0 aromatic carbocycles. The first-order valence-corrected chi connectivity index (χ1v) is 13.1. The normalized spacial score (nSPS) is 19.3. The molecule has 10 heteroatoms. The van der Waals surface area contributed by atoms with Crippen LogP contribution in [0.5, 0.6) is 5.88 Å². The first-order valence-electron chi connectivity index (χ1n) is 13.1. The van der Waals surface area contributed by atoms with E-state index in [1.807, 2.05) is 24.3 Å². The summed E-state index contributed by atoms with van der Waals surface area (Å²) in [5.74, 6) is 1.32. The number of rotatable bonds is 10. The van der Waals surface area contributed by atoms with Crippen LogP contribution in [0.1, 0.15) is 44.6 Å². The van der Waals surface area contributed by atoms with E-state index in [0.717, 1.165) is 35.0 Å². The van der Waals surface area contributed by atoms with Crippen molar-refractivity contribution in [3.63, 3.8) is 0 Å². The summed E-state index contributed by atoms with van der Waals surface area (Å²) < 4.78 is 22.4. The van der Waals surface area contributed by atoms with E-state index < -0.39 is 6.09 Å². The van der Waals surface area contributed by atoms with Gasteiger partial charge in [-0.15, -0.1) is 0 Å². The number of hydrogen-bond acceptors (Lipinski definition) is 8. The van der Waals surface area contributed by atoms with Crippen molar-refractivity contribution in [1.82, 2.24) is 20.2 Å². The monoisotopic (exact) mass is 532 g/mol. The van der Waals surface area contributed by atoms with Crippen LogP contribution in [0.3, 0.4) is 0 Å². The van der Waals surface area contributed by atoms with E-state index in [9.17, 15) is 9.59 Å². The molecule has 2 aromatic heterocycles. The van der Waals surface area contributed by atoms with Gasteiger partial charge in [-0.05, 0) is 61.8 Å². The fourth-order valence-electron chi connectivity index (χ4n) is 4.90. The number of allylic oxidation sites excluding steroid dienone is 4. The molecule has 2 atom stereocenters. The zero-order chi connectivity index (χ0) is 27.2. The molecule has 10 nitrogen and oxygen atoms in total. The van der Waals surface area contributed by atoms with E-state index >= 15 is 0 Å². The number of nitrogens with zero attached hydrogens (tertiary/aromatic N) is 3. The summed E-state index contributed by atoms with van der Waals surface area (Å²) in [5.41, 5.74) is 3.62. The highest BCUT2D eigenvalue weighted by Gasteiger charge is 2.36. The summed E-state index contributed by atoms with van der Waals surface area (Å²) in [4.78, 5) is 35.0. The molecule has 2 amide bonds. The molecule has 1 aliphatic carbocycles. The van der Waals surface area contributed by atoms with Crippen molar-refractivity contribution in [3.8, 4) is 5.88 Å². The summed E-state index contributed by atoms with van der Waals surface area (Å²) in [5, 5.41) is 3.04. The summed E-state index contributed by atoms with van der Waals surface area (Å²) >= 11 is 0. The smallest absolute Gasteiger partial charge is 0.417 e. The molecule has 1 saturated heterocycles. The minimum Gasteiger partial charge on any atom is -0.481 e. The van der Waals surface area contributed by atoms with Gasteiger partial charge in [-0.2, -0.15) is 0 Å². The highest BCUT2D eigenvalue weighted by Crippen LogP contribution is 2.30. The predicted octanol–water partition coefficient (Wildman–Crippen LogP) is 4.64. The molecule has 0 saturated carbocycles. The standard InChI is InChI=1S/C29H32N4O6/c1-19(34)31-22(9-8-21-14-15-30-24-12-13-26(36-2)32-28(21)24)10-11-23-16-33(29(35)38-23)27-18-37-17-25(39-27)20-6-4-3-5-7-20/h3-4,6,12-15,17-18,22-23H,5,7-11,16H2,1-2H3,(H,31,34)/t22-,23+/m0/s1. The van der Waals surface area contributed by atoms with Crippen LogP contribution in [0.2, 0.25) is 0 Å². The lowest BCUT2D eigenvalue weighted by molar-refractivity contribution is -0.119. The molecular weight excluding hydrogens is 500 g/mol. The van der Waals surface area contributed by atoms with Gasteiger partial charge in [-0.1, -0.05) is 18.2 Å². The van der Waals surface area contributed by atoms with Crippen molar-refractivity contribution < 1.29 is 28.5 Å². The van der Waals surface area contributed by atoms with Gasteiger partial charge in [0.2, 0.25) is 17.7 Å². The van der Waals surface area contributed by atoms with Crippen LogP contribution in [-0.2, 0) is 25.4 Å². The molecule has 0 unspecified atom stereocenters. The number of cyclic esters (lactones) is 1. The van der Waals surface area contributed by atoms with Crippen molar-refractivity contribution in [2.24, 2.45) is 0 Å². The second-order valence-corrected chi connectivity index (χ2v) is 9.66. The number of ether oxygens (including phenoxy) is 4. The van der Waals surface area contributed by atoms with Gasteiger partial charge in [0.1, 0.15) is 12.4 Å². The topological polar surface area (TPSA) is 112 Å². The number of carbonyl (C=O) groups excluding carboxylic acids is 2. The Morgan fingerprint density at radius 1 is 1.26 bits per heavy atom. The van der Waals surface area contributed by atoms with E-state index in [4.69, 9.17) is 18.9 Å². The van der Waals surface area contributed by atoms with Crippen LogP contribution in [0, 0.1) is 0 Å². The molecule has 3 aliphatic rings. The Labute approximate surface area is 227 Å². The summed E-state index contributed by atoms with van der Waals surface area (Å²) in [6.45, 7) is 1.85. The van der Waals surface area contributed by atoms with E-state index in [2.05, 4.69) is 21.4 Å². The van der Waals surface area contributed by atoms with Gasteiger partial charge < -0.3 is 24.3 Å². The molecule has 1 fully saturated rings. The summed E-state index contributed by atoms with van der Waals surface area (Å²) in [6.07, 6.45) is 14.4. The molecule has 0 spiro atoms. The largest absolute Gasteiger partial charge is 0.481 e. The number of hydrogen-bond donors (Lipinski definition) is 1. The number of nitrogens with one attached hydrogen (secondary N) is 1. The summed E-state index contributed by atoms with van der Waals surface area (Å²) in [6, 6.07) is 5.51. The van der Waals surface area contributed by atoms with Crippen LogP contribution in [0.4, 0.5) is 4.79 Å². The van der Waals surface area contributed by atoms with E-state index in [1.165, 1.54) is 18.1 Å². The molecule has 0 radical (unpaired) electrons. The Balaban J connectivity index is 1.18. The highest BCUT2D eigenvalue weighted by atomic mass is 16.6. The average molecular weight is 533 g/mol. The molecule has 5 rings (SSSR count). The van der Waals surface area contributed by atoms with Crippen molar-refractivity contribution >= 4 is 23.0 Å². The lowest BCUT2D eigenvalue weighted by atomic mass is 9.99. The lowest BCUT2D eigenvalue weighted by Crippen LogP contribution is -2.34. The first-order chi connectivity index (χ1) is 19.0. The minimum absolute atomic E-state index is 0.0987.